The van der Waals surface area contributed by atoms with E-state index in [0.717, 1.165) is 22.4 Å². The molecule has 4 aromatic rings. The number of halogens is 3. The van der Waals surface area contributed by atoms with Crippen molar-refractivity contribution in [3.05, 3.63) is 86.9 Å². The summed E-state index contributed by atoms with van der Waals surface area (Å²) in [7, 11) is 0. The van der Waals surface area contributed by atoms with Crippen LogP contribution in [-0.2, 0) is 4.79 Å². The molecule has 0 radical (unpaired) electrons. The third-order valence-electron chi connectivity index (χ3n) is 4.91. The minimum atomic E-state index is -0.259. The molecular formula is C24H19Cl3N4OS. The molecule has 0 aliphatic heterocycles. The maximum absolute atomic E-state index is 12.7. The van der Waals surface area contributed by atoms with Gasteiger partial charge in [-0.1, -0.05) is 76.9 Å². The Balaban J connectivity index is 1.68. The Kier molecular flexibility index (Phi) is 7.29. The van der Waals surface area contributed by atoms with Gasteiger partial charge in [-0.05, 0) is 55.3 Å². The third kappa shape index (κ3) is 5.20. The quantitative estimate of drug-likeness (QED) is 0.274. The van der Waals surface area contributed by atoms with E-state index in [1.165, 1.54) is 11.8 Å². The molecule has 4 rings (SSSR count). The largest absolute Gasteiger partial charge is 0.323 e. The fourth-order valence-electron chi connectivity index (χ4n) is 3.28. The van der Waals surface area contributed by atoms with Crippen LogP contribution in [0.5, 0.6) is 0 Å². The Bertz CT molecular complexity index is 1320. The number of carbonyl (C=O) groups excluding carboxylic acids is 1. The predicted molar refractivity (Wildman–Crippen MR) is 137 cm³/mol. The molecule has 0 fully saturated rings. The van der Waals surface area contributed by atoms with Crippen LogP contribution in [0.2, 0.25) is 15.1 Å². The average Bonchev–Trinajstić information content (AvgIpc) is 3.20. The standard InChI is InChI=1S/C24H19Cl3N4OS/c1-14-10-11-15(2)20(12-14)31-23(16-6-3-4-7-17(16)25)29-30-24(31)33-13-21(32)28-22-18(26)8-5-9-19(22)27/h3-12H,13H2,1-2H3,(H,28,32). The van der Waals surface area contributed by atoms with Crippen molar-refractivity contribution in [3.8, 4) is 17.1 Å². The van der Waals surface area contributed by atoms with Gasteiger partial charge >= 0.3 is 0 Å². The summed E-state index contributed by atoms with van der Waals surface area (Å²) in [6.07, 6.45) is 0. The van der Waals surface area contributed by atoms with E-state index in [-0.39, 0.29) is 11.7 Å². The van der Waals surface area contributed by atoms with Crippen LogP contribution < -0.4 is 5.32 Å². The van der Waals surface area contributed by atoms with E-state index in [1.807, 2.05) is 54.8 Å². The summed E-state index contributed by atoms with van der Waals surface area (Å²) in [5.74, 6) is 0.434. The van der Waals surface area contributed by atoms with E-state index in [0.29, 0.717) is 31.7 Å². The molecule has 1 N–H and O–H groups in total. The summed E-state index contributed by atoms with van der Waals surface area (Å²) in [5, 5.41) is 13.5. The molecule has 0 saturated carbocycles. The SMILES string of the molecule is Cc1ccc(C)c(-n2c(SCC(=O)Nc3c(Cl)cccc3Cl)nnc2-c2ccccc2Cl)c1. The van der Waals surface area contributed by atoms with E-state index < -0.39 is 0 Å². The van der Waals surface area contributed by atoms with E-state index in [4.69, 9.17) is 34.8 Å². The molecule has 0 aliphatic carbocycles. The van der Waals surface area contributed by atoms with Crippen molar-refractivity contribution in [2.75, 3.05) is 11.1 Å². The molecule has 5 nitrogen and oxygen atoms in total. The maximum atomic E-state index is 12.7. The van der Waals surface area contributed by atoms with Crippen LogP contribution in [0.15, 0.2) is 65.8 Å². The van der Waals surface area contributed by atoms with Gasteiger partial charge in [0.15, 0.2) is 11.0 Å². The molecular weight excluding hydrogens is 499 g/mol. The molecule has 1 amide bonds. The fraction of sp³-hybridized carbons (Fsp3) is 0.125. The first-order valence-corrected chi connectivity index (χ1v) is 12.1. The Morgan fingerprint density at radius 3 is 2.36 bits per heavy atom. The minimum absolute atomic E-state index is 0.0903. The highest BCUT2D eigenvalue weighted by Gasteiger charge is 2.20. The number of nitrogens with one attached hydrogen (secondary N) is 1. The van der Waals surface area contributed by atoms with Gasteiger partial charge in [0, 0.05) is 5.56 Å². The normalized spacial score (nSPS) is 10.9. The number of carbonyl (C=O) groups is 1. The summed E-state index contributed by atoms with van der Waals surface area (Å²) < 4.78 is 1.93. The van der Waals surface area contributed by atoms with Crippen molar-refractivity contribution in [2.45, 2.75) is 19.0 Å². The molecule has 0 bridgehead atoms. The van der Waals surface area contributed by atoms with Crippen molar-refractivity contribution in [2.24, 2.45) is 0 Å². The number of hydrogen-bond donors (Lipinski definition) is 1. The Hall–Kier alpha value is -2.51. The lowest BCUT2D eigenvalue weighted by atomic mass is 10.1. The van der Waals surface area contributed by atoms with Crippen LogP contribution in [0.25, 0.3) is 17.1 Å². The van der Waals surface area contributed by atoms with Crippen molar-refractivity contribution in [1.82, 2.24) is 14.8 Å². The highest BCUT2D eigenvalue weighted by molar-refractivity contribution is 7.99. The lowest BCUT2D eigenvalue weighted by Crippen LogP contribution is -2.15. The van der Waals surface area contributed by atoms with Crippen LogP contribution in [0.3, 0.4) is 0 Å². The number of aromatic nitrogens is 3. The fourth-order valence-corrected chi connectivity index (χ4v) is 4.74. The van der Waals surface area contributed by atoms with E-state index in [9.17, 15) is 4.79 Å². The molecule has 1 heterocycles. The number of aryl methyl sites for hydroxylation is 2. The molecule has 1 aromatic heterocycles. The number of anilines is 1. The van der Waals surface area contributed by atoms with E-state index >= 15 is 0 Å². The van der Waals surface area contributed by atoms with Gasteiger partial charge in [-0.15, -0.1) is 10.2 Å². The maximum Gasteiger partial charge on any atom is 0.234 e. The highest BCUT2D eigenvalue weighted by Crippen LogP contribution is 2.34. The number of nitrogens with zero attached hydrogens (tertiary/aromatic N) is 3. The molecule has 9 heteroatoms. The Morgan fingerprint density at radius 1 is 0.939 bits per heavy atom. The van der Waals surface area contributed by atoms with Gasteiger partial charge in [0.05, 0.1) is 32.2 Å². The molecule has 0 saturated heterocycles. The van der Waals surface area contributed by atoms with Gasteiger partial charge in [0.25, 0.3) is 0 Å². The summed E-state index contributed by atoms with van der Waals surface area (Å²) in [5.41, 5.74) is 4.21. The number of benzene rings is 3. The summed E-state index contributed by atoms with van der Waals surface area (Å²) in [6, 6.07) is 18.7. The van der Waals surface area contributed by atoms with Crippen LogP contribution in [0, 0.1) is 13.8 Å². The van der Waals surface area contributed by atoms with Gasteiger partial charge in [-0.3, -0.25) is 9.36 Å². The molecule has 0 atom stereocenters. The van der Waals surface area contributed by atoms with Crippen LogP contribution >= 0.6 is 46.6 Å². The zero-order valence-electron chi connectivity index (χ0n) is 17.8. The smallest absolute Gasteiger partial charge is 0.234 e. The Morgan fingerprint density at radius 2 is 1.64 bits per heavy atom. The zero-order chi connectivity index (χ0) is 23.5. The first-order valence-electron chi connectivity index (χ1n) is 9.99. The van der Waals surface area contributed by atoms with Gasteiger partial charge in [0.1, 0.15) is 0 Å². The second-order valence-corrected chi connectivity index (χ2v) is 9.51. The first-order chi connectivity index (χ1) is 15.8. The van der Waals surface area contributed by atoms with Crippen molar-refractivity contribution >= 4 is 58.2 Å². The third-order valence-corrected chi connectivity index (χ3v) is 6.80. The van der Waals surface area contributed by atoms with Gasteiger partial charge in [-0.25, -0.2) is 0 Å². The monoisotopic (exact) mass is 516 g/mol. The van der Waals surface area contributed by atoms with Crippen molar-refractivity contribution in [3.63, 3.8) is 0 Å². The first kappa shape index (κ1) is 23.6. The average molecular weight is 518 g/mol. The van der Waals surface area contributed by atoms with E-state index in [1.54, 1.807) is 18.2 Å². The van der Waals surface area contributed by atoms with Gasteiger partial charge < -0.3 is 5.32 Å². The van der Waals surface area contributed by atoms with Gasteiger partial charge in [-0.2, -0.15) is 0 Å². The van der Waals surface area contributed by atoms with Crippen molar-refractivity contribution < 1.29 is 4.79 Å². The lowest BCUT2D eigenvalue weighted by molar-refractivity contribution is -0.113. The number of thioether (sulfide) groups is 1. The Labute approximate surface area is 211 Å². The van der Waals surface area contributed by atoms with E-state index in [2.05, 4.69) is 21.6 Å². The molecule has 0 aliphatic rings. The molecule has 168 valence electrons. The minimum Gasteiger partial charge on any atom is -0.323 e. The lowest BCUT2D eigenvalue weighted by Gasteiger charge is -2.14. The number of para-hydroxylation sites is 1. The highest BCUT2D eigenvalue weighted by atomic mass is 35.5. The van der Waals surface area contributed by atoms with Crippen LogP contribution in [0.1, 0.15) is 11.1 Å². The van der Waals surface area contributed by atoms with Gasteiger partial charge in [0.2, 0.25) is 5.91 Å². The molecule has 0 unspecified atom stereocenters. The van der Waals surface area contributed by atoms with Crippen LogP contribution in [-0.4, -0.2) is 26.4 Å². The van der Waals surface area contributed by atoms with Crippen molar-refractivity contribution in [1.29, 1.82) is 0 Å². The van der Waals surface area contributed by atoms with Crippen LogP contribution in [0.4, 0.5) is 5.69 Å². The number of hydrogen-bond acceptors (Lipinski definition) is 4. The molecule has 3 aromatic carbocycles. The second kappa shape index (κ2) is 10.2. The molecule has 33 heavy (non-hydrogen) atoms. The predicted octanol–water partition coefficient (Wildman–Crippen LogP) is 7.24. The summed E-state index contributed by atoms with van der Waals surface area (Å²) >= 11 is 20.1. The summed E-state index contributed by atoms with van der Waals surface area (Å²) in [4.78, 5) is 12.7. The second-order valence-electron chi connectivity index (χ2n) is 7.34. The summed E-state index contributed by atoms with van der Waals surface area (Å²) in [6.45, 7) is 4.04. The number of rotatable bonds is 6. The zero-order valence-corrected chi connectivity index (χ0v) is 20.9. The topological polar surface area (TPSA) is 59.8 Å². The number of amides is 1. The molecule has 0 spiro atoms.